The molecule has 1 aliphatic heterocycles. The van der Waals surface area contributed by atoms with Crippen LogP contribution in [-0.2, 0) is 20.4 Å². The van der Waals surface area contributed by atoms with Crippen molar-refractivity contribution >= 4 is 22.0 Å². The Bertz CT molecular complexity index is 1050. The highest BCUT2D eigenvalue weighted by atomic mass is 32.2. The number of aliphatic imine (C=N–C) groups is 1. The Morgan fingerprint density at radius 2 is 1.88 bits per heavy atom. The summed E-state index contributed by atoms with van der Waals surface area (Å²) < 4.78 is 38.8. The van der Waals surface area contributed by atoms with Crippen LogP contribution in [0.5, 0.6) is 0 Å². The summed E-state index contributed by atoms with van der Waals surface area (Å²) in [4.78, 5) is 15.5. The van der Waals surface area contributed by atoms with Crippen LogP contribution in [0.4, 0.5) is 4.39 Å². The summed E-state index contributed by atoms with van der Waals surface area (Å²) in [5, 5.41) is 31.7. The first kappa shape index (κ1) is 26.5. The number of sulfonamides is 1. The Morgan fingerprint density at radius 3 is 2.39 bits per heavy atom. The van der Waals surface area contributed by atoms with Crippen LogP contribution < -0.4 is 5.32 Å². The molecule has 4 N–H and O–H groups in total. The zero-order valence-corrected chi connectivity index (χ0v) is 19.8. The molecule has 0 bridgehead atoms. The minimum absolute atomic E-state index is 0.0742. The molecule has 1 aromatic rings. The lowest BCUT2D eigenvalue weighted by Gasteiger charge is -2.40. The van der Waals surface area contributed by atoms with Crippen LogP contribution in [-0.4, -0.2) is 65.5 Å². The summed E-state index contributed by atoms with van der Waals surface area (Å²) in [7, 11) is -2.26. The molecule has 0 spiro atoms. The van der Waals surface area contributed by atoms with Crippen molar-refractivity contribution in [3.8, 4) is 0 Å². The van der Waals surface area contributed by atoms with Gasteiger partial charge in [-0.05, 0) is 23.6 Å². The van der Waals surface area contributed by atoms with E-state index in [-0.39, 0.29) is 18.3 Å². The van der Waals surface area contributed by atoms with Gasteiger partial charge in [-0.2, -0.15) is 0 Å². The van der Waals surface area contributed by atoms with Gasteiger partial charge in [0.2, 0.25) is 16.0 Å². The Hall–Kier alpha value is -2.76. The number of aliphatic hydroxyl groups excluding tert-OH is 2. The number of guanidine groups is 1. The van der Waals surface area contributed by atoms with E-state index in [1.54, 1.807) is 24.4 Å². The third-order valence-electron chi connectivity index (χ3n) is 5.42. The van der Waals surface area contributed by atoms with Gasteiger partial charge in [-0.25, -0.2) is 22.1 Å². The summed E-state index contributed by atoms with van der Waals surface area (Å²) >= 11 is 0. The van der Waals surface area contributed by atoms with Crippen molar-refractivity contribution in [3.63, 3.8) is 0 Å². The zero-order chi connectivity index (χ0) is 25.0. The molecule has 0 aromatic heterocycles. The molecular weight excluding hydrogens is 453 g/mol. The standard InChI is InChI=1S/C22H30FN3O6S/c1-14(2)22(15-5-8-17(23)9-6-15)16(7-10-18(27)11-19(28)12-20(29)30)13-24-21(25-22)26(3)33(4,31)32/h5-10,13-14,18-19,27-28H,11-12H2,1-4H3,(H,24,25)(H,29,30)/b10-7+/t18-,19-,22?/m1/s1. The van der Waals surface area contributed by atoms with Crippen molar-refractivity contribution in [1.29, 1.82) is 0 Å². The maximum Gasteiger partial charge on any atom is 0.305 e. The van der Waals surface area contributed by atoms with E-state index in [0.29, 0.717) is 11.1 Å². The average Bonchev–Trinajstić information content (AvgIpc) is 2.70. The molecule has 1 aromatic carbocycles. The van der Waals surface area contributed by atoms with E-state index in [9.17, 15) is 27.8 Å². The van der Waals surface area contributed by atoms with E-state index in [2.05, 4.69) is 5.32 Å². The largest absolute Gasteiger partial charge is 0.481 e. The molecular formula is C22H30FN3O6S. The molecule has 1 unspecified atom stereocenters. The van der Waals surface area contributed by atoms with Crippen molar-refractivity contribution in [1.82, 2.24) is 9.62 Å². The highest BCUT2D eigenvalue weighted by molar-refractivity contribution is 7.88. The number of hydrogen-bond donors (Lipinski definition) is 4. The fourth-order valence-corrected chi connectivity index (χ4v) is 4.01. The molecule has 0 aliphatic carbocycles. The van der Waals surface area contributed by atoms with Crippen LogP contribution in [0.1, 0.15) is 32.3 Å². The molecule has 3 atom stereocenters. The number of nitrogens with zero attached hydrogens (tertiary/aromatic N) is 2. The van der Waals surface area contributed by atoms with Crippen LogP contribution in [0.15, 0.2) is 53.2 Å². The minimum Gasteiger partial charge on any atom is -0.481 e. The SMILES string of the molecule is CC(C)C1(c2ccc(F)cc2)N=C(N(C)S(C)(=O)=O)NC=C1/C=C/[C@@H](O)C[C@@H](O)CC(=O)O. The number of hydrogen-bond acceptors (Lipinski definition) is 7. The van der Waals surface area contributed by atoms with Crippen molar-refractivity contribution in [2.75, 3.05) is 13.3 Å². The smallest absolute Gasteiger partial charge is 0.305 e. The van der Waals surface area contributed by atoms with Crippen LogP contribution in [0.25, 0.3) is 0 Å². The van der Waals surface area contributed by atoms with Crippen LogP contribution in [0.3, 0.4) is 0 Å². The molecule has 33 heavy (non-hydrogen) atoms. The monoisotopic (exact) mass is 483 g/mol. The summed E-state index contributed by atoms with van der Waals surface area (Å²) in [5.74, 6) is -1.76. The van der Waals surface area contributed by atoms with Gasteiger partial charge in [0, 0.05) is 25.2 Å². The molecule has 0 saturated heterocycles. The summed E-state index contributed by atoms with van der Waals surface area (Å²) in [6, 6.07) is 5.71. The Labute approximate surface area is 193 Å². The van der Waals surface area contributed by atoms with Gasteiger partial charge in [0.25, 0.3) is 0 Å². The van der Waals surface area contributed by atoms with Crippen molar-refractivity contribution in [3.05, 3.63) is 59.6 Å². The molecule has 11 heteroatoms. The van der Waals surface area contributed by atoms with Gasteiger partial charge in [0.05, 0.1) is 24.9 Å². The lowest BCUT2D eigenvalue weighted by Crippen LogP contribution is -2.47. The first-order valence-corrected chi connectivity index (χ1v) is 12.1. The quantitative estimate of drug-likeness (QED) is 0.418. The van der Waals surface area contributed by atoms with Gasteiger partial charge in [0.1, 0.15) is 11.4 Å². The predicted molar refractivity (Wildman–Crippen MR) is 122 cm³/mol. The second kappa shape index (κ2) is 10.4. The Balaban J connectivity index is 2.51. The zero-order valence-electron chi connectivity index (χ0n) is 18.9. The highest BCUT2D eigenvalue weighted by Gasteiger charge is 2.42. The van der Waals surface area contributed by atoms with Gasteiger partial charge >= 0.3 is 5.97 Å². The Kier molecular flexibility index (Phi) is 8.39. The fourth-order valence-electron chi connectivity index (χ4n) is 3.60. The highest BCUT2D eigenvalue weighted by Crippen LogP contribution is 2.43. The summed E-state index contributed by atoms with van der Waals surface area (Å²) in [5.41, 5.74) is 0.0426. The molecule has 2 rings (SSSR count). The van der Waals surface area contributed by atoms with E-state index >= 15 is 0 Å². The lowest BCUT2D eigenvalue weighted by molar-refractivity contribution is -0.139. The number of rotatable bonds is 9. The van der Waals surface area contributed by atoms with E-state index < -0.39 is 46.0 Å². The lowest BCUT2D eigenvalue weighted by atomic mass is 9.74. The molecule has 1 heterocycles. The molecule has 0 fully saturated rings. The number of aliphatic carboxylic acids is 1. The number of aliphatic hydroxyl groups is 2. The maximum atomic E-state index is 13.6. The topological polar surface area (TPSA) is 140 Å². The molecule has 0 amide bonds. The van der Waals surface area contributed by atoms with Gasteiger partial charge < -0.3 is 20.6 Å². The van der Waals surface area contributed by atoms with Crippen LogP contribution >= 0.6 is 0 Å². The van der Waals surface area contributed by atoms with E-state index in [1.807, 2.05) is 13.8 Å². The summed E-state index contributed by atoms with van der Waals surface area (Å²) in [6.45, 7) is 3.76. The normalized spacial score (nSPS) is 20.7. The number of benzene rings is 1. The second-order valence-corrected chi connectivity index (χ2v) is 10.3. The molecule has 9 nitrogen and oxygen atoms in total. The van der Waals surface area contributed by atoms with E-state index in [4.69, 9.17) is 10.1 Å². The molecule has 1 aliphatic rings. The average molecular weight is 484 g/mol. The number of nitrogens with one attached hydrogen (secondary N) is 1. The van der Waals surface area contributed by atoms with Crippen molar-refractivity contribution in [2.24, 2.45) is 10.9 Å². The van der Waals surface area contributed by atoms with Gasteiger partial charge in [0.15, 0.2) is 0 Å². The minimum atomic E-state index is -3.62. The second-order valence-electron chi connectivity index (χ2n) is 8.25. The van der Waals surface area contributed by atoms with Crippen molar-refractivity contribution < 1.29 is 32.9 Å². The molecule has 0 saturated carbocycles. The van der Waals surface area contributed by atoms with Gasteiger partial charge in [-0.3, -0.25) is 4.79 Å². The van der Waals surface area contributed by atoms with E-state index in [1.165, 1.54) is 25.3 Å². The van der Waals surface area contributed by atoms with Crippen LogP contribution in [0.2, 0.25) is 0 Å². The third kappa shape index (κ3) is 6.40. The fraction of sp³-hybridized carbons (Fsp3) is 0.455. The van der Waals surface area contributed by atoms with Gasteiger partial charge in [-0.15, -0.1) is 0 Å². The van der Waals surface area contributed by atoms with Crippen LogP contribution in [0, 0.1) is 11.7 Å². The predicted octanol–water partition coefficient (Wildman–Crippen LogP) is 1.55. The first-order valence-electron chi connectivity index (χ1n) is 10.3. The molecule has 0 radical (unpaired) electrons. The maximum absolute atomic E-state index is 13.6. The molecule has 182 valence electrons. The first-order chi connectivity index (χ1) is 15.3. The third-order valence-corrected chi connectivity index (χ3v) is 6.58. The summed E-state index contributed by atoms with van der Waals surface area (Å²) in [6.07, 6.45) is 2.55. The number of carboxylic acid groups (broad SMARTS) is 1. The van der Waals surface area contributed by atoms with E-state index in [0.717, 1.165) is 10.6 Å². The Morgan fingerprint density at radius 1 is 1.27 bits per heavy atom. The number of carboxylic acids is 1. The number of carbonyl (C=O) groups is 1. The van der Waals surface area contributed by atoms with Gasteiger partial charge in [-0.1, -0.05) is 38.1 Å². The van der Waals surface area contributed by atoms with Crippen molar-refractivity contribution in [2.45, 2.75) is 44.4 Å². The number of halogens is 1.